The third kappa shape index (κ3) is 3.83. The summed E-state index contributed by atoms with van der Waals surface area (Å²) in [6.45, 7) is 4.10. The van der Waals surface area contributed by atoms with Crippen LogP contribution in [-0.4, -0.2) is 12.1 Å². The lowest BCUT2D eigenvalue weighted by Crippen LogP contribution is -2.25. The van der Waals surface area contributed by atoms with Crippen molar-refractivity contribution in [3.8, 4) is 0 Å². The first-order valence-corrected chi connectivity index (χ1v) is 8.24. The first-order chi connectivity index (χ1) is 9.83. The van der Waals surface area contributed by atoms with Crippen LogP contribution in [0.5, 0.6) is 0 Å². The van der Waals surface area contributed by atoms with Crippen LogP contribution in [0.15, 0.2) is 24.3 Å². The molecule has 2 fully saturated rings. The lowest BCUT2D eigenvalue weighted by Gasteiger charge is -2.29. The van der Waals surface area contributed by atoms with Gasteiger partial charge in [0.25, 0.3) is 0 Å². The van der Waals surface area contributed by atoms with Gasteiger partial charge in [-0.3, -0.25) is 0 Å². The van der Waals surface area contributed by atoms with Crippen LogP contribution in [0.1, 0.15) is 56.6 Å². The molecule has 1 aromatic carbocycles. The molecular formula is C18H27NO. The van der Waals surface area contributed by atoms with Crippen molar-refractivity contribution in [1.29, 1.82) is 0 Å². The van der Waals surface area contributed by atoms with Crippen LogP contribution < -0.4 is 5.32 Å². The summed E-state index contributed by atoms with van der Waals surface area (Å²) in [5.74, 6) is 0.723. The molecule has 0 saturated heterocycles. The molecular weight excluding hydrogens is 246 g/mol. The first-order valence-electron chi connectivity index (χ1n) is 8.24. The summed E-state index contributed by atoms with van der Waals surface area (Å²) >= 11 is 0. The Balaban J connectivity index is 1.55. The summed E-state index contributed by atoms with van der Waals surface area (Å²) in [5.41, 5.74) is 2.77. The van der Waals surface area contributed by atoms with Gasteiger partial charge < -0.3 is 10.1 Å². The van der Waals surface area contributed by atoms with Gasteiger partial charge in [-0.15, -0.1) is 0 Å². The van der Waals surface area contributed by atoms with Crippen molar-refractivity contribution in [3.05, 3.63) is 35.4 Å². The molecule has 2 atom stereocenters. The lowest BCUT2D eigenvalue weighted by molar-refractivity contribution is -0.0157. The predicted octanol–water partition coefficient (Wildman–Crippen LogP) is 4.03. The molecule has 2 aliphatic carbocycles. The van der Waals surface area contributed by atoms with Crippen molar-refractivity contribution >= 4 is 0 Å². The van der Waals surface area contributed by atoms with E-state index in [2.05, 4.69) is 36.5 Å². The van der Waals surface area contributed by atoms with E-state index in [4.69, 9.17) is 4.74 Å². The Hall–Kier alpha value is -0.860. The van der Waals surface area contributed by atoms with E-state index in [9.17, 15) is 0 Å². The number of nitrogens with one attached hydrogen (secondary N) is 1. The summed E-state index contributed by atoms with van der Waals surface area (Å²) in [7, 11) is 0. The van der Waals surface area contributed by atoms with Crippen LogP contribution in [0.3, 0.4) is 0 Å². The monoisotopic (exact) mass is 273 g/mol. The van der Waals surface area contributed by atoms with E-state index >= 15 is 0 Å². The van der Waals surface area contributed by atoms with Gasteiger partial charge in [0.1, 0.15) is 0 Å². The number of rotatable bonds is 6. The molecule has 2 aliphatic rings. The molecule has 0 radical (unpaired) electrons. The molecule has 1 aromatic rings. The van der Waals surface area contributed by atoms with Crippen molar-refractivity contribution in [3.63, 3.8) is 0 Å². The molecule has 2 unspecified atom stereocenters. The maximum absolute atomic E-state index is 6.22. The van der Waals surface area contributed by atoms with E-state index < -0.39 is 0 Å². The molecule has 0 aromatic heterocycles. The Morgan fingerprint density at radius 1 is 1.05 bits per heavy atom. The Morgan fingerprint density at radius 3 is 2.55 bits per heavy atom. The topological polar surface area (TPSA) is 21.3 Å². The standard InChI is InChI=1S/C18H27NO/c1-14-6-2-5-9-18(14)20-13-16-8-4-3-7-15(16)12-19-17-10-11-17/h3-4,7-8,14,17-19H,2,5-6,9-13H2,1H3. The molecule has 20 heavy (non-hydrogen) atoms. The molecule has 0 aliphatic heterocycles. The van der Waals surface area contributed by atoms with E-state index in [1.165, 1.54) is 49.7 Å². The molecule has 2 heteroatoms. The Bertz CT molecular complexity index is 427. The van der Waals surface area contributed by atoms with Crippen molar-refractivity contribution < 1.29 is 4.74 Å². The average molecular weight is 273 g/mol. The summed E-state index contributed by atoms with van der Waals surface area (Å²) in [5, 5.41) is 3.60. The van der Waals surface area contributed by atoms with Gasteiger partial charge in [0.2, 0.25) is 0 Å². The smallest absolute Gasteiger partial charge is 0.0723 e. The van der Waals surface area contributed by atoms with Gasteiger partial charge in [-0.1, -0.05) is 44.0 Å². The van der Waals surface area contributed by atoms with E-state index in [1.54, 1.807) is 0 Å². The molecule has 0 amide bonds. The zero-order valence-corrected chi connectivity index (χ0v) is 12.6. The third-order valence-electron chi connectivity index (χ3n) is 4.76. The van der Waals surface area contributed by atoms with Gasteiger partial charge in [0, 0.05) is 12.6 Å². The minimum Gasteiger partial charge on any atom is -0.373 e. The molecule has 2 saturated carbocycles. The number of ether oxygens (including phenoxy) is 1. The third-order valence-corrected chi connectivity index (χ3v) is 4.76. The SMILES string of the molecule is CC1CCCCC1OCc1ccccc1CNC1CC1. The molecule has 0 bridgehead atoms. The summed E-state index contributed by atoms with van der Waals surface area (Å²) in [6.07, 6.45) is 8.44. The highest BCUT2D eigenvalue weighted by Crippen LogP contribution is 2.27. The van der Waals surface area contributed by atoms with E-state index in [-0.39, 0.29) is 0 Å². The van der Waals surface area contributed by atoms with Crippen molar-refractivity contribution in [1.82, 2.24) is 5.32 Å². The minimum absolute atomic E-state index is 0.466. The Labute approximate surface area is 122 Å². The second-order valence-electron chi connectivity index (χ2n) is 6.54. The predicted molar refractivity (Wildman–Crippen MR) is 82.5 cm³/mol. The summed E-state index contributed by atoms with van der Waals surface area (Å²) < 4.78 is 6.22. The van der Waals surface area contributed by atoms with E-state index in [0.717, 1.165) is 25.1 Å². The van der Waals surface area contributed by atoms with Crippen LogP contribution >= 0.6 is 0 Å². The second kappa shape index (κ2) is 6.73. The molecule has 110 valence electrons. The maximum atomic E-state index is 6.22. The Morgan fingerprint density at radius 2 is 1.80 bits per heavy atom. The normalized spacial score (nSPS) is 26.6. The van der Waals surface area contributed by atoms with Gasteiger partial charge in [0.15, 0.2) is 0 Å². The van der Waals surface area contributed by atoms with E-state index in [1.807, 2.05) is 0 Å². The maximum Gasteiger partial charge on any atom is 0.0723 e. The van der Waals surface area contributed by atoms with Gasteiger partial charge >= 0.3 is 0 Å². The quantitative estimate of drug-likeness (QED) is 0.845. The lowest BCUT2D eigenvalue weighted by atomic mass is 9.88. The largest absolute Gasteiger partial charge is 0.373 e. The molecule has 3 rings (SSSR count). The van der Waals surface area contributed by atoms with Crippen LogP contribution in [0, 0.1) is 5.92 Å². The fraction of sp³-hybridized carbons (Fsp3) is 0.667. The van der Waals surface area contributed by atoms with Crippen LogP contribution in [0.2, 0.25) is 0 Å². The van der Waals surface area contributed by atoms with Gasteiger partial charge in [0.05, 0.1) is 12.7 Å². The molecule has 0 spiro atoms. The molecule has 0 heterocycles. The minimum atomic E-state index is 0.466. The summed E-state index contributed by atoms with van der Waals surface area (Å²) in [6, 6.07) is 9.48. The van der Waals surface area contributed by atoms with Gasteiger partial charge in [-0.2, -0.15) is 0 Å². The summed E-state index contributed by atoms with van der Waals surface area (Å²) in [4.78, 5) is 0. The highest BCUT2D eigenvalue weighted by molar-refractivity contribution is 5.26. The Kier molecular flexibility index (Phi) is 4.74. The van der Waals surface area contributed by atoms with E-state index in [0.29, 0.717) is 6.10 Å². The second-order valence-corrected chi connectivity index (χ2v) is 6.54. The van der Waals surface area contributed by atoms with Crippen molar-refractivity contribution in [2.24, 2.45) is 5.92 Å². The van der Waals surface area contributed by atoms with Crippen LogP contribution in [0.25, 0.3) is 0 Å². The van der Waals surface area contributed by atoms with Crippen molar-refractivity contribution in [2.45, 2.75) is 70.7 Å². The van der Waals surface area contributed by atoms with Gasteiger partial charge in [-0.25, -0.2) is 0 Å². The highest BCUT2D eigenvalue weighted by Gasteiger charge is 2.23. The number of hydrogen-bond acceptors (Lipinski definition) is 2. The number of hydrogen-bond donors (Lipinski definition) is 1. The fourth-order valence-electron chi connectivity index (χ4n) is 3.14. The van der Waals surface area contributed by atoms with Crippen molar-refractivity contribution in [2.75, 3.05) is 0 Å². The van der Waals surface area contributed by atoms with Gasteiger partial charge in [-0.05, 0) is 42.7 Å². The zero-order valence-electron chi connectivity index (χ0n) is 12.6. The first kappa shape index (κ1) is 14.1. The highest BCUT2D eigenvalue weighted by atomic mass is 16.5. The fourth-order valence-corrected chi connectivity index (χ4v) is 3.14. The molecule has 1 N–H and O–H groups in total. The molecule has 2 nitrogen and oxygen atoms in total. The van der Waals surface area contributed by atoms with Crippen LogP contribution in [0.4, 0.5) is 0 Å². The zero-order chi connectivity index (χ0) is 13.8. The number of benzene rings is 1. The van der Waals surface area contributed by atoms with Crippen LogP contribution in [-0.2, 0) is 17.9 Å². The average Bonchev–Trinajstić information content (AvgIpc) is 3.29.